The van der Waals surface area contributed by atoms with Gasteiger partial charge in [0.05, 0.1) is 24.1 Å². The first-order valence-electron chi connectivity index (χ1n) is 9.35. The summed E-state index contributed by atoms with van der Waals surface area (Å²) in [7, 11) is 0. The lowest BCUT2D eigenvalue weighted by Gasteiger charge is -2.35. The first-order chi connectivity index (χ1) is 13.1. The molecule has 8 heteroatoms. The number of carbonyl (C=O) groups excluding carboxylic acids is 1. The van der Waals surface area contributed by atoms with Crippen LogP contribution in [0.4, 0.5) is 0 Å². The number of aryl methyl sites for hydroxylation is 1. The molecule has 1 aliphatic heterocycles. The van der Waals surface area contributed by atoms with E-state index in [-0.39, 0.29) is 24.9 Å². The second kappa shape index (κ2) is 7.28. The molecule has 144 valence electrons. The summed E-state index contributed by atoms with van der Waals surface area (Å²) in [5, 5.41) is 3.47. The second-order valence-corrected chi connectivity index (χ2v) is 7.13. The third-order valence-corrected chi connectivity index (χ3v) is 5.39. The molecule has 1 aromatic heterocycles. The predicted molar refractivity (Wildman–Crippen MR) is 98.5 cm³/mol. The molecule has 1 amide bonds. The van der Waals surface area contributed by atoms with Crippen molar-refractivity contribution in [2.45, 2.75) is 50.5 Å². The molecule has 0 bridgehead atoms. The molecule has 8 nitrogen and oxygen atoms in total. The molecule has 0 atom stereocenters. The quantitative estimate of drug-likeness (QED) is 0.828. The van der Waals surface area contributed by atoms with Gasteiger partial charge in [0, 0.05) is 31.8 Å². The highest BCUT2D eigenvalue weighted by Crippen LogP contribution is 2.35. The van der Waals surface area contributed by atoms with Gasteiger partial charge >= 0.3 is 5.69 Å². The first kappa shape index (κ1) is 17.9. The van der Waals surface area contributed by atoms with E-state index in [1.807, 2.05) is 0 Å². The number of para-hydroxylation sites is 1. The molecule has 1 saturated heterocycles. The molecule has 1 spiro atoms. The summed E-state index contributed by atoms with van der Waals surface area (Å²) in [6.07, 6.45) is 3.36. The Labute approximate surface area is 155 Å². The number of fused-ring (bicyclic) bond motifs is 1. The number of aromatic nitrogens is 2. The third-order valence-electron chi connectivity index (χ3n) is 5.39. The molecular weight excluding hydrogens is 350 g/mol. The number of H-pyrrole nitrogens is 1. The molecule has 0 radical (unpaired) electrons. The summed E-state index contributed by atoms with van der Waals surface area (Å²) < 4.78 is 12.8. The number of benzene rings is 1. The van der Waals surface area contributed by atoms with Gasteiger partial charge in [0.25, 0.3) is 5.56 Å². The Morgan fingerprint density at radius 1 is 1.19 bits per heavy atom. The van der Waals surface area contributed by atoms with Gasteiger partial charge in [-0.2, -0.15) is 0 Å². The molecule has 0 unspecified atom stereocenters. The van der Waals surface area contributed by atoms with Gasteiger partial charge in [-0.05, 0) is 25.0 Å². The lowest BCUT2D eigenvalue weighted by atomic mass is 9.90. The first-order valence-corrected chi connectivity index (χ1v) is 9.35. The van der Waals surface area contributed by atoms with Crippen LogP contribution in [0.25, 0.3) is 10.9 Å². The molecule has 27 heavy (non-hydrogen) atoms. The van der Waals surface area contributed by atoms with Crippen LogP contribution >= 0.6 is 0 Å². The molecule has 2 heterocycles. The Hall–Kier alpha value is -2.45. The minimum Gasteiger partial charge on any atom is -0.353 e. The zero-order valence-electron chi connectivity index (χ0n) is 15.0. The SMILES string of the molecule is O=C(CCn1c(=O)[nH]c(=O)c2ccccc21)NC1CCC2(CC1)OCCO2. The molecular formula is C19H23N3O5. The average molecular weight is 373 g/mol. The summed E-state index contributed by atoms with van der Waals surface area (Å²) in [4.78, 5) is 38.7. The Bertz CT molecular complexity index is 948. The Morgan fingerprint density at radius 2 is 1.89 bits per heavy atom. The molecule has 2 N–H and O–H groups in total. The lowest BCUT2D eigenvalue weighted by molar-refractivity contribution is -0.180. The minimum absolute atomic E-state index is 0.0972. The van der Waals surface area contributed by atoms with Crippen molar-refractivity contribution in [2.24, 2.45) is 0 Å². The number of amides is 1. The largest absolute Gasteiger partial charge is 0.353 e. The lowest BCUT2D eigenvalue weighted by Crippen LogP contribution is -2.44. The smallest absolute Gasteiger partial charge is 0.328 e. The van der Waals surface area contributed by atoms with Gasteiger partial charge in [-0.1, -0.05) is 12.1 Å². The van der Waals surface area contributed by atoms with Crippen LogP contribution in [-0.2, 0) is 20.8 Å². The Balaban J connectivity index is 1.37. The normalized spacial score (nSPS) is 19.6. The molecule has 2 aliphatic rings. The topological polar surface area (TPSA) is 102 Å². The number of carbonyl (C=O) groups is 1. The summed E-state index contributed by atoms with van der Waals surface area (Å²) in [5.41, 5.74) is -0.375. The van der Waals surface area contributed by atoms with E-state index in [2.05, 4.69) is 10.3 Å². The van der Waals surface area contributed by atoms with Gasteiger partial charge < -0.3 is 14.8 Å². The minimum atomic E-state index is -0.498. The number of nitrogens with one attached hydrogen (secondary N) is 2. The second-order valence-electron chi connectivity index (χ2n) is 7.13. The van der Waals surface area contributed by atoms with Crippen molar-refractivity contribution in [3.63, 3.8) is 0 Å². The van der Waals surface area contributed by atoms with E-state index in [0.29, 0.717) is 24.1 Å². The van der Waals surface area contributed by atoms with Crippen molar-refractivity contribution in [3.05, 3.63) is 45.1 Å². The number of aromatic amines is 1. The fourth-order valence-corrected chi connectivity index (χ4v) is 3.97. The van der Waals surface area contributed by atoms with E-state index in [4.69, 9.17) is 9.47 Å². The molecule has 2 fully saturated rings. The van der Waals surface area contributed by atoms with Gasteiger partial charge in [0.1, 0.15) is 0 Å². The van der Waals surface area contributed by atoms with Crippen molar-refractivity contribution < 1.29 is 14.3 Å². The molecule has 1 aromatic carbocycles. The zero-order valence-corrected chi connectivity index (χ0v) is 15.0. The van der Waals surface area contributed by atoms with E-state index in [1.165, 1.54) is 4.57 Å². The van der Waals surface area contributed by atoms with E-state index in [1.54, 1.807) is 24.3 Å². The van der Waals surface area contributed by atoms with Gasteiger partial charge in [-0.15, -0.1) is 0 Å². The third kappa shape index (κ3) is 3.68. The highest BCUT2D eigenvalue weighted by atomic mass is 16.7. The summed E-state index contributed by atoms with van der Waals surface area (Å²) in [6.45, 7) is 1.49. The van der Waals surface area contributed by atoms with E-state index in [9.17, 15) is 14.4 Å². The maximum atomic E-state index is 12.4. The summed E-state index contributed by atoms with van der Waals surface area (Å²) in [5.74, 6) is -0.546. The highest BCUT2D eigenvalue weighted by molar-refractivity contribution is 5.79. The van der Waals surface area contributed by atoms with Crippen molar-refractivity contribution in [1.29, 1.82) is 0 Å². The predicted octanol–water partition coefficient (Wildman–Crippen LogP) is 0.882. The van der Waals surface area contributed by atoms with Crippen LogP contribution in [0, 0.1) is 0 Å². The van der Waals surface area contributed by atoms with Gasteiger partial charge in [-0.3, -0.25) is 19.1 Å². The maximum Gasteiger partial charge on any atom is 0.328 e. The Morgan fingerprint density at radius 3 is 2.63 bits per heavy atom. The van der Waals surface area contributed by atoms with Crippen LogP contribution in [0.2, 0.25) is 0 Å². The van der Waals surface area contributed by atoms with Crippen LogP contribution < -0.4 is 16.6 Å². The van der Waals surface area contributed by atoms with Gasteiger partial charge in [0.2, 0.25) is 5.91 Å². The van der Waals surface area contributed by atoms with Crippen LogP contribution in [0.3, 0.4) is 0 Å². The van der Waals surface area contributed by atoms with Gasteiger partial charge in [0.15, 0.2) is 5.79 Å². The summed E-state index contributed by atoms with van der Waals surface area (Å²) >= 11 is 0. The molecule has 1 saturated carbocycles. The Kier molecular flexibility index (Phi) is 4.84. The van der Waals surface area contributed by atoms with Crippen molar-refractivity contribution in [3.8, 4) is 0 Å². The van der Waals surface area contributed by atoms with Gasteiger partial charge in [-0.25, -0.2) is 4.79 Å². The van der Waals surface area contributed by atoms with Crippen LogP contribution in [0.5, 0.6) is 0 Å². The number of nitrogens with zero attached hydrogens (tertiary/aromatic N) is 1. The monoisotopic (exact) mass is 373 g/mol. The van der Waals surface area contributed by atoms with Crippen molar-refractivity contribution in [2.75, 3.05) is 13.2 Å². The van der Waals surface area contributed by atoms with Crippen molar-refractivity contribution in [1.82, 2.24) is 14.9 Å². The highest BCUT2D eigenvalue weighted by Gasteiger charge is 2.40. The van der Waals surface area contributed by atoms with E-state index >= 15 is 0 Å². The zero-order chi connectivity index (χ0) is 18.9. The molecule has 4 rings (SSSR count). The average Bonchev–Trinajstić information content (AvgIpc) is 3.12. The number of rotatable bonds is 4. The number of hydrogen-bond acceptors (Lipinski definition) is 5. The van der Waals surface area contributed by atoms with Crippen molar-refractivity contribution >= 4 is 16.8 Å². The standard InChI is InChI=1S/C19H23N3O5/c23-16(20-13-5-8-19(9-6-13)26-11-12-27-19)7-10-22-15-4-2-1-3-14(15)17(24)21-18(22)25/h1-4,13H,5-12H2,(H,20,23)(H,21,24,25). The van der Waals surface area contributed by atoms with E-state index in [0.717, 1.165) is 25.7 Å². The fourth-order valence-electron chi connectivity index (χ4n) is 3.97. The van der Waals surface area contributed by atoms with Crippen LogP contribution in [0.1, 0.15) is 32.1 Å². The van der Waals surface area contributed by atoms with Crippen LogP contribution in [0.15, 0.2) is 33.9 Å². The number of hydrogen-bond donors (Lipinski definition) is 2. The maximum absolute atomic E-state index is 12.4. The van der Waals surface area contributed by atoms with Crippen LogP contribution in [-0.4, -0.2) is 40.5 Å². The number of ether oxygens (including phenoxy) is 2. The molecule has 1 aliphatic carbocycles. The fraction of sp³-hybridized carbons (Fsp3) is 0.526. The van der Waals surface area contributed by atoms with E-state index < -0.39 is 17.0 Å². The summed E-state index contributed by atoms with van der Waals surface area (Å²) in [6, 6.07) is 6.98. The molecule has 2 aromatic rings.